The molecule has 1 heterocycles. The Kier molecular flexibility index (Phi) is 5.20. The Hall–Kier alpha value is -0.350. The van der Waals surface area contributed by atoms with Crippen molar-refractivity contribution in [3.05, 3.63) is 15.9 Å². The quantitative estimate of drug-likeness (QED) is 0.875. The molecule has 1 rings (SSSR count). The molecule has 0 aromatic carbocycles. The average Bonchev–Trinajstić information content (AvgIpc) is 2.46. The first-order valence-electron chi connectivity index (χ1n) is 6.34. The van der Waals surface area contributed by atoms with Crippen molar-refractivity contribution >= 4 is 15.9 Å². The van der Waals surface area contributed by atoms with Crippen molar-refractivity contribution in [1.82, 2.24) is 9.78 Å². The van der Waals surface area contributed by atoms with Gasteiger partial charge in [-0.15, -0.1) is 0 Å². The highest BCUT2D eigenvalue weighted by Crippen LogP contribution is 2.29. The van der Waals surface area contributed by atoms with Crippen molar-refractivity contribution in [2.75, 3.05) is 0 Å². The van der Waals surface area contributed by atoms with E-state index in [0.717, 1.165) is 41.5 Å². The first kappa shape index (κ1) is 14.7. The summed E-state index contributed by atoms with van der Waals surface area (Å²) in [6.07, 6.45) is 4.37. The van der Waals surface area contributed by atoms with Gasteiger partial charge in [-0.1, -0.05) is 26.7 Å². The number of nitrogens with zero attached hydrogens (tertiary/aromatic N) is 2. The van der Waals surface area contributed by atoms with Gasteiger partial charge in [0.2, 0.25) is 0 Å². The highest BCUT2D eigenvalue weighted by Gasteiger charge is 2.28. The van der Waals surface area contributed by atoms with E-state index in [1.807, 2.05) is 18.7 Å². The van der Waals surface area contributed by atoms with Crippen LogP contribution >= 0.6 is 15.9 Å². The monoisotopic (exact) mass is 302 g/mol. The lowest BCUT2D eigenvalue weighted by Crippen LogP contribution is -2.32. The topological polar surface area (TPSA) is 38.1 Å². The molecule has 1 aromatic heterocycles. The van der Waals surface area contributed by atoms with E-state index in [1.54, 1.807) is 0 Å². The summed E-state index contributed by atoms with van der Waals surface area (Å²) in [5, 5.41) is 15.0. The molecule has 98 valence electrons. The van der Waals surface area contributed by atoms with E-state index < -0.39 is 5.60 Å². The molecule has 0 saturated carbocycles. The van der Waals surface area contributed by atoms with Crippen molar-refractivity contribution in [3.63, 3.8) is 0 Å². The highest BCUT2D eigenvalue weighted by atomic mass is 79.9. The lowest BCUT2D eigenvalue weighted by molar-refractivity contribution is 0.0198. The van der Waals surface area contributed by atoms with Gasteiger partial charge in [0.1, 0.15) is 0 Å². The summed E-state index contributed by atoms with van der Waals surface area (Å²) in [5.74, 6) is 0. The molecule has 17 heavy (non-hydrogen) atoms. The summed E-state index contributed by atoms with van der Waals surface area (Å²) in [7, 11) is 1.94. The first-order chi connectivity index (χ1) is 7.93. The Morgan fingerprint density at radius 1 is 1.29 bits per heavy atom. The normalized spacial score (nSPS) is 12.1. The van der Waals surface area contributed by atoms with Gasteiger partial charge in [-0.2, -0.15) is 5.10 Å². The summed E-state index contributed by atoms with van der Waals surface area (Å²) in [6.45, 7) is 6.21. The summed E-state index contributed by atoms with van der Waals surface area (Å²) in [6, 6.07) is 0. The van der Waals surface area contributed by atoms with Crippen LogP contribution in [0.4, 0.5) is 0 Å². The van der Waals surface area contributed by atoms with Crippen LogP contribution in [0.15, 0.2) is 4.47 Å². The van der Waals surface area contributed by atoms with Gasteiger partial charge in [0.15, 0.2) is 0 Å². The van der Waals surface area contributed by atoms with Crippen molar-refractivity contribution in [3.8, 4) is 0 Å². The Labute approximate surface area is 112 Å². The molecule has 0 unspecified atom stereocenters. The van der Waals surface area contributed by atoms with Crippen LogP contribution in [0.25, 0.3) is 0 Å². The smallest absolute Gasteiger partial charge is 0.0738 e. The Morgan fingerprint density at radius 3 is 2.18 bits per heavy atom. The summed E-state index contributed by atoms with van der Waals surface area (Å²) < 4.78 is 2.90. The van der Waals surface area contributed by atoms with Crippen LogP contribution < -0.4 is 0 Å². The number of aliphatic hydroxyl groups is 1. The maximum absolute atomic E-state index is 10.7. The second-order valence-electron chi connectivity index (χ2n) is 4.87. The zero-order valence-corrected chi connectivity index (χ0v) is 12.8. The van der Waals surface area contributed by atoms with Crippen LogP contribution in [0.2, 0.25) is 0 Å². The summed E-state index contributed by atoms with van der Waals surface area (Å²) in [5.41, 5.74) is 1.48. The number of hydrogen-bond acceptors (Lipinski definition) is 2. The molecule has 3 nitrogen and oxygen atoms in total. The molecule has 0 amide bonds. The summed E-state index contributed by atoms with van der Waals surface area (Å²) in [4.78, 5) is 0. The van der Waals surface area contributed by atoms with Gasteiger partial charge in [-0.3, -0.25) is 4.68 Å². The van der Waals surface area contributed by atoms with E-state index in [2.05, 4.69) is 34.9 Å². The van der Waals surface area contributed by atoms with Gasteiger partial charge < -0.3 is 5.11 Å². The Morgan fingerprint density at radius 2 is 1.82 bits per heavy atom. The van der Waals surface area contributed by atoms with Gasteiger partial charge in [-0.05, 0) is 35.7 Å². The number of hydrogen-bond donors (Lipinski definition) is 1. The molecule has 0 fully saturated rings. The second-order valence-corrected chi connectivity index (χ2v) is 5.66. The molecule has 0 aliphatic carbocycles. The first-order valence-corrected chi connectivity index (χ1v) is 7.13. The van der Waals surface area contributed by atoms with Crippen LogP contribution in [-0.4, -0.2) is 20.5 Å². The Balaban J connectivity index is 2.93. The highest BCUT2D eigenvalue weighted by molar-refractivity contribution is 9.10. The van der Waals surface area contributed by atoms with Crippen molar-refractivity contribution in [1.29, 1.82) is 0 Å². The van der Waals surface area contributed by atoms with E-state index in [1.165, 1.54) is 0 Å². The number of halogens is 1. The fourth-order valence-electron chi connectivity index (χ4n) is 2.42. The van der Waals surface area contributed by atoms with Gasteiger partial charge in [-0.25, -0.2) is 0 Å². The molecule has 0 radical (unpaired) electrons. The molecule has 4 heteroatoms. The van der Waals surface area contributed by atoms with Gasteiger partial charge in [0.25, 0.3) is 0 Å². The van der Waals surface area contributed by atoms with Gasteiger partial charge in [0.05, 0.1) is 21.5 Å². The second kappa shape index (κ2) is 6.01. The van der Waals surface area contributed by atoms with E-state index in [4.69, 9.17) is 0 Å². The number of aryl methyl sites for hydroxylation is 2. The van der Waals surface area contributed by atoms with Gasteiger partial charge in [0, 0.05) is 13.5 Å². The molecular formula is C13H23BrN2O. The van der Waals surface area contributed by atoms with Crippen LogP contribution in [0.5, 0.6) is 0 Å². The maximum atomic E-state index is 10.7. The summed E-state index contributed by atoms with van der Waals surface area (Å²) >= 11 is 3.56. The molecule has 1 N–H and O–H groups in total. The lowest BCUT2D eigenvalue weighted by Gasteiger charge is -2.27. The predicted molar refractivity (Wildman–Crippen MR) is 74.1 cm³/mol. The van der Waals surface area contributed by atoms with E-state index in [-0.39, 0.29) is 0 Å². The van der Waals surface area contributed by atoms with E-state index in [0.29, 0.717) is 6.42 Å². The fraction of sp³-hybridized carbons (Fsp3) is 0.769. The van der Waals surface area contributed by atoms with E-state index >= 15 is 0 Å². The third kappa shape index (κ3) is 3.55. The zero-order valence-electron chi connectivity index (χ0n) is 11.3. The van der Waals surface area contributed by atoms with Gasteiger partial charge >= 0.3 is 0 Å². The van der Waals surface area contributed by atoms with Crippen LogP contribution in [-0.2, 0) is 13.5 Å². The molecule has 0 saturated heterocycles. The minimum absolute atomic E-state index is 0.591. The van der Waals surface area contributed by atoms with Crippen LogP contribution in [0.1, 0.15) is 50.9 Å². The lowest BCUT2D eigenvalue weighted by atomic mass is 9.88. The van der Waals surface area contributed by atoms with Crippen molar-refractivity contribution in [2.45, 2.75) is 58.5 Å². The molecule has 0 atom stereocenters. The zero-order chi connectivity index (χ0) is 13.1. The molecular weight excluding hydrogens is 280 g/mol. The molecule has 0 aliphatic rings. The molecule has 0 bridgehead atoms. The molecule has 0 aliphatic heterocycles. The number of rotatable bonds is 6. The number of aromatic nitrogens is 2. The average molecular weight is 303 g/mol. The van der Waals surface area contributed by atoms with E-state index in [9.17, 15) is 5.11 Å². The predicted octanol–water partition coefficient (Wildman–Crippen LogP) is 3.36. The van der Waals surface area contributed by atoms with Crippen LogP contribution in [0.3, 0.4) is 0 Å². The minimum Gasteiger partial charge on any atom is -0.389 e. The molecule has 1 aromatic rings. The SMILES string of the molecule is CCCC(O)(CCC)Cc1c(Br)c(C)nn1C. The largest absolute Gasteiger partial charge is 0.389 e. The third-order valence-corrected chi connectivity index (χ3v) is 4.22. The van der Waals surface area contributed by atoms with Crippen molar-refractivity contribution < 1.29 is 5.11 Å². The standard InChI is InChI=1S/C13H23BrN2O/c1-5-7-13(17,8-6-2)9-11-12(14)10(3)15-16(11)4/h17H,5-9H2,1-4H3. The molecule has 0 spiro atoms. The minimum atomic E-state index is -0.591. The Bertz CT molecular complexity index is 368. The fourth-order valence-corrected chi connectivity index (χ4v) is 2.89. The third-order valence-electron chi connectivity index (χ3n) is 3.19. The maximum Gasteiger partial charge on any atom is 0.0738 e. The van der Waals surface area contributed by atoms with Crippen molar-refractivity contribution in [2.24, 2.45) is 7.05 Å². The van der Waals surface area contributed by atoms with Crippen LogP contribution in [0, 0.1) is 6.92 Å².